The molecule has 0 fully saturated rings. The van der Waals surface area contributed by atoms with Gasteiger partial charge in [0.2, 0.25) is 0 Å². The number of benzene rings is 1. The summed E-state index contributed by atoms with van der Waals surface area (Å²) in [6.45, 7) is 1.93. The van der Waals surface area contributed by atoms with Crippen LogP contribution in [-0.4, -0.2) is 20.0 Å². The summed E-state index contributed by atoms with van der Waals surface area (Å²) < 4.78 is 41.7. The summed E-state index contributed by atoms with van der Waals surface area (Å²) in [4.78, 5) is 3.87. The zero-order valence-electron chi connectivity index (χ0n) is 11.6. The van der Waals surface area contributed by atoms with Crippen molar-refractivity contribution in [1.29, 1.82) is 0 Å². The second kappa shape index (κ2) is 6.78. The summed E-state index contributed by atoms with van der Waals surface area (Å²) in [5.74, 6) is -0.402. The van der Waals surface area contributed by atoms with Gasteiger partial charge in [0.15, 0.2) is 0 Å². The molecule has 2 aromatic rings. The van der Waals surface area contributed by atoms with Crippen molar-refractivity contribution in [2.24, 2.45) is 0 Å². The molecule has 0 bridgehead atoms. The van der Waals surface area contributed by atoms with Gasteiger partial charge in [0, 0.05) is 6.20 Å². The number of pyridine rings is 1. The molecule has 0 radical (unpaired) electrons. The van der Waals surface area contributed by atoms with E-state index in [1.165, 1.54) is 18.2 Å². The SMILES string of the molecule is Cc1ccc(S(=O)(=O)OCCCc2cncc(F)c2)cc1. The van der Waals surface area contributed by atoms with Gasteiger partial charge in [-0.2, -0.15) is 8.42 Å². The van der Waals surface area contributed by atoms with Crippen molar-refractivity contribution in [3.8, 4) is 0 Å². The van der Waals surface area contributed by atoms with E-state index in [2.05, 4.69) is 4.98 Å². The van der Waals surface area contributed by atoms with E-state index in [1.54, 1.807) is 18.3 Å². The Morgan fingerprint density at radius 3 is 2.57 bits per heavy atom. The maximum absolute atomic E-state index is 12.9. The van der Waals surface area contributed by atoms with E-state index in [1.807, 2.05) is 6.92 Å². The molecule has 1 heterocycles. The highest BCUT2D eigenvalue weighted by molar-refractivity contribution is 7.86. The number of hydrogen-bond acceptors (Lipinski definition) is 4. The summed E-state index contributed by atoms with van der Waals surface area (Å²) >= 11 is 0. The fourth-order valence-electron chi connectivity index (χ4n) is 1.81. The highest BCUT2D eigenvalue weighted by atomic mass is 32.2. The molecule has 0 spiro atoms. The number of halogens is 1. The maximum atomic E-state index is 12.9. The third-order valence-corrected chi connectivity index (χ3v) is 4.25. The molecule has 0 saturated carbocycles. The first-order valence-electron chi connectivity index (χ1n) is 6.53. The number of rotatable bonds is 6. The molecular weight excluding hydrogens is 293 g/mol. The van der Waals surface area contributed by atoms with E-state index in [-0.39, 0.29) is 11.5 Å². The van der Waals surface area contributed by atoms with Gasteiger partial charge in [-0.05, 0) is 43.5 Å². The second-order valence-electron chi connectivity index (χ2n) is 4.70. The van der Waals surface area contributed by atoms with Crippen LogP contribution in [0.3, 0.4) is 0 Å². The fourth-order valence-corrected chi connectivity index (χ4v) is 2.75. The molecule has 4 nitrogen and oxygen atoms in total. The van der Waals surface area contributed by atoms with Gasteiger partial charge in [-0.1, -0.05) is 17.7 Å². The zero-order chi connectivity index (χ0) is 15.3. The molecular formula is C15H16FNO3S. The lowest BCUT2D eigenvalue weighted by Gasteiger charge is -2.06. The van der Waals surface area contributed by atoms with Gasteiger partial charge in [-0.3, -0.25) is 9.17 Å². The van der Waals surface area contributed by atoms with Gasteiger partial charge >= 0.3 is 0 Å². The van der Waals surface area contributed by atoms with Crippen LogP contribution < -0.4 is 0 Å². The molecule has 0 saturated heterocycles. The van der Waals surface area contributed by atoms with Crippen LogP contribution in [0.25, 0.3) is 0 Å². The lowest BCUT2D eigenvalue weighted by Crippen LogP contribution is -2.08. The normalized spacial score (nSPS) is 11.5. The molecule has 112 valence electrons. The Kier molecular flexibility index (Phi) is 5.03. The van der Waals surface area contributed by atoms with Crippen molar-refractivity contribution in [2.45, 2.75) is 24.7 Å². The first kappa shape index (κ1) is 15.6. The van der Waals surface area contributed by atoms with Crippen molar-refractivity contribution in [3.63, 3.8) is 0 Å². The maximum Gasteiger partial charge on any atom is 0.296 e. The molecule has 21 heavy (non-hydrogen) atoms. The van der Waals surface area contributed by atoms with Crippen LogP contribution in [0.2, 0.25) is 0 Å². The highest BCUT2D eigenvalue weighted by Gasteiger charge is 2.14. The summed E-state index contributed by atoms with van der Waals surface area (Å²) in [5.41, 5.74) is 1.69. The summed E-state index contributed by atoms with van der Waals surface area (Å²) in [7, 11) is -3.73. The quantitative estimate of drug-likeness (QED) is 0.608. The Labute approximate surface area is 123 Å². The van der Waals surface area contributed by atoms with E-state index in [9.17, 15) is 12.8 Å². The average molecular weight is 309 g/mol. The van der Waals surface area contributed by atoms with Crippen LogP contribution >= 0.6 is 0 Å². The van der Waals surface area contributed by atoms with E-state index in [0.29, 0.717) is 18.4 Å². The largest absolute Gasteiger partial charge is 0.296 e. The van der Waals surface area contributed by atoms with Crippen LogP contribution in [0.5, 0.6) is 0 Å². The predicted octanol–water partition coefficient (Wildman–Crippen LogP) is 2.87. The van der Waals surface area contributed by atoms with Crippen molar-refractivity contribution in [1.82, 2.24) is 4.98 Å². The van der Waals surface area contributed by atoms with Crippen LogP contribution in [-0.2, 0) is 20.7 Å². The first-order valence-corrected chi connectivity index (χ1v) is 7.94. The molecule has 1 aromatic heterocycles. The van der Waals surface area contributed by atoms with Gasteiger partial charge in [0.1, 0.15) is 5.82 Å². The average Bonchev–Trinajstić information content (AvgIpc) is 2.44. The monoisotopic (exact) mass is 309 g/mol. The Hall–Kier alpha value is -1.79. The minimum atomic E-state index is -3.73. The number of aryl methyl sites for hydroxylation is 2. The summed E-state index contributed by atoms with van der Waals surface area (Å²) in [5, 5.41) is 0. The van der Waals surface area contributed by atoms with Crippen molar-refractivity contribution in [2.75, 3.05) is 6.61 Å². The van der Waals surface area contributed by atoms with E-state index < -0.39 is 15.9 Å². The molecule has 2 rings (SSSR count). The minimum absolute atomic E-state index is 0.0483. The zero-order valence-corrected chi connectivity index (χ0v) is 12.4. The van der Waals surface area contributed by atoms with Gasteiger partial charge in [-0.25, -0.2) is 4.39 Å². The smallest absolute Gasteiger partial charge is 0.266 e. The lowest BCUT2D eigenvalue weighted by atomic mass is 10.2. The van der Waals surface area contributed by atoms with Gasteiger partial charge in [-0.15, -0.1) is 0 Å². The molecule has 0 aliphatic rings. The van der Waals surface area contributed by atoms with Crippen molar-refractivity contribution in [3.05, 3.63) is 59.7 Å². The lowest BCUT2D eigenvalue weighted by molar-refractivity contribution is 0.312. The summed E-state index contributed by atoms with van der Waals surface area (Å²) in [6.07, 6.45) is 3.66. The second-order valence-corrected chi connectivity index (χ2v) is 6.32. The van der Waals surface area contributed by atoms with E-state index >= 15 is 0 Å². The van der Waals surface area contributed by atoms with Crippen LogP contribution in [0.15, 0.2) is 47.6 Å². The van der Waals surface area contributed by atoms with Crippen LogP contribution in [0.1, 0.15) is 17.5 Å². The van der Waals surface area contributed by atoms with E-state index in [0.717, 1.165) is 11.8 Å². The van der Waals surface area contributed by atoms with Gasteiger partial charge < -0.3 is 0 Å². The van der Waals surface area contributed by atoms with Crippen LogP contribution in [0.4, 0.5) is 4.39 Å². The predicted molar refractivity (Wildman–Crippen MR) is 76.8 cm³/mol. The number of nitrogens with zero attached hydrogens (tertiary/aromatic N) is 1. The summed E-state index contributed by atoms with van der Waals surface area (Å²) in [6, 6.07) is 7.84. The van der Waals surface area contributed by atoms with E-state index in [4.69, 9.17) is 4.18 Å². The van der Waals surface area contributed by atoms with Crippen molar-refractivity contribution >= 4 is 10.1 Å². The standard InChI is InChI=1S/C15H16FNO3S/c1-12-4-6-15(7-5-12)21(18,19)20-8-2-3-13-9-14(16)11-17-10-13/h4-7,9-11H,2-3,8H2,1H3. The van der Waals surface area contributed by atoms with Gasteiger partial charge in [0.25, 0.3) is 10.1 Å². The Morgan fingerprint density at radius 1 is 1.19 bits per heavy atom. The molecule has 1 aromatic carbocycles. The molecule has 0 aliphatic heterocycles. The molecule has 0 unspecified atom stereocenters. The Bertz CT molecular complexity index is 699. The topological polar surface area (TPSA) is 56.3 Å². The first-order chi connectivity index (χ1) is 9.97. The third-order valence-electron chi connectivity index (χ3n) is 2.92. The minimum Gasteiger partial charge on any atom is -0.266 e. The van der Waals surface area contributed by atoms with Gasteiger partial charge in [0.05, 0.1) is 17.7 Å². The third kappa shape index (κ3) is 4.61. The molecule has 0 amide bonds. The molecule has 6 heteroatoms. The fraction of sp³-hybridized carbons (Fsp3) is 0.267. The molecule has 0 aliphatic carbocycles. The highest BCUT2D eigenvalue weighted by Crippen LogP contribution is 2.14. The Balaban J connectivity index is 1.86. The molecule has 0 atom stereocenters. The van der Waals surface area contributed by atoms with Crippen molar-refractivity contribution < 1.29 is 17.0 Å². The Morgan fingerprint density at radius 2 is 1.90 bits per heavy atom. The molecule has 0 N–H and O–H groups in total. The number of aromatic nitrogens is 1. The van der Waals surface area contributed by atoms with Crippen LogP contribution in [0, 0.1) is 12.7 Å². The number of hydrogen-bond donors (Lipinski definition) is 0.